The van der Waals surface area contributed by atoms with E-state index in [2.05, 4.69) is 25.9 Å². The van der Waals surface area contributed by atoms with Crippen LogP contribution in [0.5, 0.6) is 0 Å². The summed E-state index contributed by atoms with van der Waals surface area (Å²) in [6.07, 6.45) is 7.25. The molecule has 0 spiro atoms. The summed E-state index contributed by atoms with van der Waals surface area (Å²) in [4.78, 5) is 8.33. The highest BCUT2D eigenvalue weighted by atomic mass is 79.9. The van der Waals surface area contributed by atoms with E-state index in [4.69, 9.17) is 0 Å². The number of halogens is 1. The number of hydrogen-bond donors (Lipinski definition) is 0. The molecule has 0 amide bonds. The van der Waals surface area contributed by atoms with Crippen LogP contribution in [0.15, 0.2) is 49.1 Å². The van der Waals surface area contributed by atoms with Crippen molar-refractivity contribution in [2.45, 2.75) is 4.83 Å². The normalized spacial score (nSPS) is 10.4. The fourth-order valence-electron chi connectivity index (χ4n) is 1.24. The summed E-state index contributed by atoms with van der Waals surface area (Å²) in [7, 11) is 0. The van der Waals surface area contributed by atoms with Crippen LogP contribution in [0, 0.1) is 0 Å². The molecule has 0 N–H and O–H groups in total. The average molecular weight is 249 g/mol. The molecule has 0 aliphatic rings. The van der Waals surface area contributed by atoms with Gasteiger partial charge in [0.15, 0.2) is 0 Å². The Balaban J connectivity index is 2.30. The largest absolute Gasteiger partial charge is 0.264 e. The highest BCUT2D eigenvalue weighted by Gasteiger charge is 2.09. The van der Waals surface area contributed by atoms with Gasteiger partial charge in [0.25, 0.3) is 0 Å². The van der Waals surface area contributed by atoms with E-state index in [9.17, 15) is 0 Å². The summed E-state index contributed by atoms with van der Waals surface area (Å²) in [6, 6.07) is 7.94. The second-order valence-electron chi connectivity index (χ2n) is 2.94. The van der Waals surface area contributed by atoms with E-state index in [0.29, 0.717) is 0 Å². The minimum Gasteiger partial charge on any atom is -0.264 e. The molecule has 2 aromatic heterocycles. The monoisotopic (exact) mass is 248 g/mol. The third-order valence-electron chi connectivity index (χ3n) is 1.95. The molecule has 70 valence electrons. The van der Waals surface area contributed by atoms with Gasteiger partial charge in [-0.1, -0.05) is 28.1 Å². The molecule has 3 heteroatoms. The molecule has 0 aromatic carbocycles. The van der Waals surface area contributed by atoms with Crippen molar-refractivity contribution in [3.63, 3.8) is 0 Å². The van der Waals surface area contributed by atoms with Crippen molar-refractivity contribution >= 4 is 15.9 Å². The van der Waals surface area contributed by atoms with Gasteiger partial charge in [0, 0.05) is 24.8 Å². The van der Waals surface area contributed by atoms with Gasteiger partial charge in [-0.25, -0.2) is 0 Å². The van der Waals surface area contributed by atoms with E-state index in [-0.39, 0.29) is 4.83 Å². The van der Waals surface area contributed by atoms with Crippen molar-refractivity contribution in [3.05, 3.63) is 60.2 Å². The summed E-state index contributed by atoms with van der Waals surface area (Å²) in [5, 5.41) is 0. The highest BCUT2D eigenvalue weighted by molar-refractivity contribution is 9.09. The second-order valence-corrected chi connectivity index (χ2v) is 3.85. The lowest BCUT2D eigenvalue weighted by atomic mass is 10.1. The van der Waals surface area contributed by atoms with Crippen LogP contribution >= 0.6 is 15.9 Å². The fourth-order valence-corrected chi connectivity index (χ4v) is 1.79. The maximum atomic E-state index is 4.08. The Morgan fingerprint density at radius 1 is 0.929 bits per heavy atom. The standard InChI is InChI=1S/C11H9BrN2/c12-11(9-3-1-5-13-7-9)10-4-2-6-14-8-10/h1-8,11H. The molecule has 0 aliphatic carbocycles. The van der Waals surface area contributed by atoms with Gasteiger partial charge in [0.1, 0.15) is 0 Å². The van der Waals surface area contributed by atoms with Crippen LogP contribution in [0.2, 0.25) is 0 Å². The molecule has 0 unspecified atom stereocenters. The molecule has 2 heterocycles. The molecule has 14 heavy (non-hydrogen) atoms. The quantitative estimate of drug-likeness (QED) is 0.764. The zero-order valence-corrected chi connectivity index (χ0v) is 9.05. The zero-order valence-electron chi connectivity index (χ0n) is 7.47. The van der Waals surface area contributed by atoms with Crippen LogP contribution < -0.4 is 0 Å². The van der Waals surface area contributed by atoms with Gasteiger partial charge in [-0.15, -0.1) is 0 Å². The van der Waals surface area contributed by atoms with E-state index in [1.165, 1.54) is 0 Å². The number of pyridine rings is 2. The van der Waals surface area contributed by atoms with Crippen LogP contribution in [0.25, 0.3) is 0 Å². The Hall–Kier alpha value is -1.22. The lowest BCUT2D eigenvalue weighted by Gasteiger charge is -2.08. The molecule has 2 rings (SSSR count). The van der Waals surface area contributed by atoms with E-state index < -0.39 is 0 Å². The van der Waals surface area contributed by atoms with Crippen LogP contribution in [0.3, 0.4) is 0 Å². The van der Waals surface area contributed by atoms with Gasteiger partial charge in [-0.3, -0.25) is 9.97 Å². The maximum Gasteiger partial charge on any atom is 0.0674 e. The lowest BCUT2D eigenvalue weighted by Crippen LogP contribution is -1.93. The summed E-state index contributed by atoms with van der Waals surface area (Å²) >= 11 is 3.61. The predicted octanol–water partition coefficient (Wildman–Crippen LogP) is 2.96. The van der Waals surface area contributed by atoms with Crippen molar-refractivity contribution in [2.75, 3.05) is 0 Å². The number of aromatic nitrogens is 2. The molecule has 0 fully saturated rings. The van der Waals surface area contributed by atoms with Crippen LogP contribution in [-0.2, 0) is 0 Å². The summed E-state index contributed by atoms with van der Waals surface area (Å²) in [5.74, 6) is 0. The van der Waals surface area contributed by atoms with Gasteiger partial charge in [0.05, 0.1) is 4.83 Å². The Bertz CT molecular complexity index is 349. The first-order chi connectivity index (χ1) is 6.88. The van der Waals surface area contributed by atoms with Crippen molar-refractivity contribution in [1.82, 2.24) is 9.97 Å². The molecule has 0 bridgehead atoms. The van der Waals surface area contributed by atoms with E-state index >= 15 is 0 Å². The Labute approximate surface area is 91.2 Å². The Kier molecular flexibility index (Phi) is 2.89. The Morgan fingerprint density at radius 3 is 1.79 bits per heavy atom. The van der Waals surface area contributed by atoms with E-state index in [1.54, 1.807) is 12.4 Å². The van der Waals surface area contributed by atoms with Gasteiger partial charge >= 0.3 is 0 Å². The first-order valence-corrected chi connectivity index (χ1v) is 5.23. The van der Waals surface area contributed by atoms with Crippen molar-refractivity contribution in [1.29, 1.82) is 0 Å². The number of rotatable bonds is 2. The van der Waals surface area contributed by atoms with Gasteiger partial charge < -0.3 is 0 Å². The van der Waals surface area contributed by atoms with Crippen molar-refractivity contribution in [3.8, 4) is 0 Å². The molecule has 0 atom stereocenters. The minimum absolute atomic E-state index is 0.171. The summed E-state index contributed by atoms with van der Waals surface area (Å²) < 4.78 is 0. The van der Waals surface area contributed by atoms with Crippen molar-refractivity contribution in [2.24, 2.45) is 0 Å². The molecule has 0 saturated carbocycles. The Morgan fingerprint density at radius 2 is 1.43 bits per heavy atom. The fraction of sp³-hybridized carbons (Fsp3) is 0.0909. The summed E-state index contributed by atoms with van der Waals surface area (Å²) in [6.45, 7) is 0. The molecule has 0 aliphatic heterocycles. The number of alkyl halides is 1. The van der Waals surface area contributed by atoms with Crippen molar-refractivity contribution < 1.29 is 0 Å². The maximum absolute atomic E-state index is 4.08. The first-order valence-electron chi connectivity index (χ1n) is 4.32. The van der Waals surface area contributed by atoms with Gasteiger partial charge in [-0.2, -0.15) is 0 Å². The molecular formula is C11H9BrN2. The average Bonchev–Trinajstić information content (AvgIpc) is 2.30. The third kappa shape index (κ3) is 1.99. The lowest BCUT2D eigenvalue weighted by molar-refractivity contribution is 1.11. The minimum atomic E-state index is 0.171. The molecule has 0 saturated heterocycles. The third-order valence-corrected chi connectivity index (χ3v) is 3.01. The molecule has 2 aromatic rings. The molecule has 0 radical (unpaired) electrons. The first kappa shape index (κ1) is 9.34. The topological polar surface area (TPSA) is 25.8 Å². The van der Waals surface area contributed by atoms with Crippen LogP contribution in [-0.4, -0.2) is 9.97 Å². The van der Waals surface area contributed by atoms with Crippen LogP contribution in [0.1, 0.15) is 16.0 Å². The smallest absolute Gasteiger partial charge is 0.0674 e. The second kappa shape index (κ2) is 4.33. The van der Waals surface area contributed by atoms with E-state index in [1.807, 2.05) is 36.7 Å². The van der Waals surface area contributed by atoms with Gasteiger partial charge in [0.2, 0.25) is 0 Å². The molecule has 2 nitrogen and oxygen atoms in total. The zero-order chi connectivity index (χ0) is 9.80. The number of hydrogen-bond acceptors (Lipinski definition) is 2. The number of nitrogens with zero attached hydrogens (tertiary/aromatic N) is 2. The predicted molar refractivity (Wildman–Crippen MR) is 59.2 cm³/mol. The van der Waals surface area contributed by atoms with Gasteiger partial charge in [-0.05, 0) is 23.3 Å². The highest BCUT2D eigenvalue weighted by Crippen LogP contribution is 2.28. The SMILES string of the molecule is BrC(c1cccnc1)c1cccnc1. The van der Waals surface area contributed by atoms with Crippen LogP contribution in [0.4, 0.5) is 0 Å². The molecular weight excluding hydrogens is 240 g/mol. The van der Waals surface area contributed by atoms with E-state index in [0.717, 1.165) is 11.1 Å². The summed E-state index contributed by atoms with van der Waals surface area (Å²) in [5.41, 5.74) is 2.28.